The van der Waals surface area contributed by atoms with Crippen molar-refractivity contribution in [3.63, 3.8) is 0 Å². The number of nitrogens with zero attached hydrogens (tertiary/aromatic N) is 3. The lowest BCUT2D eigenvalue weighted by atomic mass is 10.0. The summed E-state index contributed by atoms with van der Waals surface area (Å²) in [5.74, 6) is 0.281. The van der Waals surface area contributed by atoms with E-state index < -0.39 is 0 Å². The molecular weight excluding hydrogens is 508 g/mol. The zero-order valence-electron chi connectivity index (χ0n) is 21.8. The minimum Gasteiger partial charge on any atom is -0.382 e. The molecule has 0 radical (unpaired) electrons. The van der Waals surface area contributed by atoms with Crippen molar-refractivity contribution in [1.29, 1.82) is 0 Å². The number of hydrogen-bond donors (Lipinski definition) is 3. The van der Waals surface area contributed by atoms with Crippen LogP contribution in [-0.4, -0.2) is 51.8 Å². The Morgan fingerprint density at radius 1 is 1.03 bits per heavy atom. The predicted molar refractivity (Wildman–Crippen MR) is 159 cm³/mol. The lowest BCUT2D eigenvalue weighted by Gasteiger charge is -2.30. The molecule has 1 fully saturated rings. The van der Waals surface area contributed by atoms with Gasteiger partial charge in [0.05, 0.1) is 11.2 Å². The molecule has 7 nitrogen and oxygen atoms in total. The zero-order chi connectivity index (χ0) is 26.8. The molecule has 0 bridgehead atoms. The summed E-state index contributed by atoms with van der Waals surface area (Å²) in [7, 11) is 2.16. The monoisotopic (exact) mass is 538 g/mol. The van der Waals surface area contributed by atoms with E-state index in [0.717, 1.165) is 64.4 Å². The van der Waals surface area contributed by atoms with Crippen LogP contribution in [0.4, 0.5) is 11.5 Å². The van der Waals surface area contributed by atoms with Gasteiger partial charge in [0.1, 0.15) is 0 Å². The first kappa shape index (κ1) is 25.2. The number of piperidine rings is 1. The van der Waals surface area contributed by atoms with Gasteiger partial charge in [-0.15, -0.1) is 0 Å². The Morgan fingerprint density at radius 2 is 1.82 bits per heavy atom. The van der Waals surface area contributed by atoms with Crippen LogP contribution in [-0.2, 0) is 6.54 Å². The maximum Gasteiger partial charge on any atom is 0.256 e. The molecule has 0 atom stereocenters. The van der Waals surface area contributed by atoms with Crippen LogP contribution in [0.2, 0.25) is 5.02 Å². The Labute approximate surface area is 232 Å². The lowest BCUT2D eigenvalue weighted by molar-refractivity contribution is 0.102. The molecule has 0 aliphatic carbocycles. The number of rotatable bonds is 7. The van der Waals surface area contributed by atoms with Crippen molar-refractivity contribution in [3.8, 4) is 11.3 Å². The third kappa shape index (κ3) is 5.55. The summed E-state index contributed by atoms with van der Waals surface area (Å²) in [6.07, 6.45) is 4.32. The highest BCUT2D eigenvalue weighted by atomic mass is 35.5. The quantitative estimate of drug-likeness (QED) is 0.221. The molecule has 39 heavy (non-hydrogen) atoms. The van der Waals surface area contributed by atoms with Gasteiger partial charge in [-0.3, -0.25) is 9.89 Å². The summed E-state index contributed by atoms with van der Waals surface area (Å²) < 4.78 is 2.19. The fourth-order valence-electron chi connectivity index (χ4n) is 5.24. The van der Waals surface area contributed by atoms with Crippen LogP contribution in [0.25, 0.3) is 22.2 Å². The molecule has 1 saturated heterocycles. The van der Waals surface area contributed by atoms with Crippen molar-refractivity contribution < 1.29 is 4.79 Å². The average molecular weight is 539 g/mol. The van der Waals surface area contributed by atoms with Crippen LogP contribution >= 0.6 is 11.6 Å². The number of fused-ring (bicyclic) bond motifs is 1. The summed E-state index contributed by atoms with van der Waals surface area (Å²) in [6.45, 7) is 2.86. The van der Waals surface area contributed by atoms with Gasteiger partial charge >= 0.3 is 0 Å². The lowest BCUT2D eigenvalue weighted by Crippen LogP contribution is -2.36. The van der Waals surface area contributed by atoms with Gasteiger partial charge in [-0.2, -0.15) is 5.10 Å². The van der Waals surface area contributed by atoms with Gasteiger partial charge in [0.2, 0.25) is 0 Å². The van der Waals surface area contributed by atoms with Gasteiger partial charge in [0.15, 0.2) is 5.82 Å². The number of anilines is 2. The first-order valence-corrected chi connectivity index (χ1v) is 13.6. The number of aromatic amines is 1. The first-order chi connectivity index (χ1) is 19.0. The van der Waals surface area contributed by atoms with Gasteiger partial charge in [0, 0.05) is 52.1 Å². The molecular formula is C31H31ClN6O. The fourth-order valence-corrected chi connectivity index (χ4v) is 5.43. The number of carbonyl (C=O) groups is 1. The molecule has 0 spiro atoms. The standard InChI is InChI=1S/C31H31ClN6O/c1-37-16-14-25(15-17-37)33-24-11-9-22(10-12-24)31(39)34-29-19-28(35-36-29)26-7-4-6-21-13-18-38(30(21)26)20-23-5-2-3-8-27(23)32/h2-13,18-19,25,33H,14-17,20H2,1H3,(H2,34,35,36,39). The molecule has 5 aromatic rings. The molecule has 3 N–H and O–H groups in total. The summed E-state index contributed by atoms with van der Waals surface area (Å²) in [4.78, 5) is 15.3. The largest absolute Gasteiger partial charge is 0.382 e. The molecule has 3 heterocycles. The summed E-state index contributed by atoms with van der Waals surface area (Å²) >= 11 is 6.43. The normalized spacial score (nSPS) is 14.5. The van der Waals surface area contributed by atoms with Crippen LogP contribution in [0.3, 0.4) is 0 Å². The van der Waals surface area contributed by atoms with Gasteiger partial charge in [-0.05, 0) is 74.9 Å². The van der Waals surface area contributed by atoms with E-state index in [0.29, 0.717) is 24.0 Å². The van der Waals surface area contributed by atoms with E-state index in [1.165, 1.54) is 0 Å². The molecule has 6 rings (SSSR count). The van der Waals surface area contributed by atoms with E-state index in [9.17, 15) is 4.79 Å². The summed E-state index contributed by atoms with van der Waals surface area (Å²) in [6, 6.07) is 26.1. The molecule has 8 heteroatoms. The number of benzene rings is 3. The van der Waals surface area contributed by atoms with Gasteiger partial charge in [-0.25, -0.2) is 0 Å². The molecule has 2 aromatic heterocycles. The number of aromatic nitrogens is 3. The molecule has 3 aromatic carbocycles. The van der Waals surface area contributed by atoms with Crippen LogP contribution in [0, 0.1) is 0 Å². The van der Waals surface area contributed by atoms with E-state index in [-0.39, 0.29) is 5.91 Å². The first-order valence-electron chi connectivity index (χ1n) is 13.3. The van der Waals surface area contributed by atoms with Crippen LogP contribution in [0.5, 0.6) is 0 Å². The topological polar surface area (TPSA) is 78.0 Å². The Bertz CT molecular complexity index is 1600. The minimum absolute atomic E-state index is 0.195. The number of carbonyl (C=O) groups excluding carboxylic acids is 1. The Hall–Kier alpha value is -4.07. The van der Waals surface area contributed by atoms with Crippen LogP contribution in [0.1, 0.15) is 28.8 Å². The van der Waals surface area contributed by atoms with E-state index in [1.807, 2.05) is 60.7 Å². The summed E-state index contributed by atoms with van der Waals surface area (Å²) in [5.41, 5.74) is 5.58. The average Bonchev–Trinajstić information content (AvgIpc) is 3.59. The van der Waals surface area contributed by atoms with Crippen molar-refractivity contribution in [1.82, 2.24) is 19.7 Å². The number of para-hydroxylation sites is 1. The minimum atomic E-state index is -0.195. The maximum atomic E-state index is 12.9. The zero-order valence-corrected chi connectivity index (χ0v) is 22.6. The van der Waals surface area contributed by atoms with Crippen LogP contribution in [0.15, 0.2) is 85.1 Å². The van der Waals surface area contributed by atoms with E-state index in [1.54, 1.807) is 0 Å². The highest BCUT2D eigenvalue weighted by molar-refractivity contribution is 6.31. The van der Waals surface area contributed by atoms with E-state index in [2.05, 4.69) is 61.7 Å². The van der Waals surface area contributed by atoms with Gasteiger partial charge in [0.25, 0.3) is 5.91 Å². The summed E-state index contributed by atoms with van der Waals surface area (Å²) in [5, 5.41) is 15.9. The molecule has 198 valence electrons. The highest BCUT2D eigenvalue weighted by Gasteiger charge is 2.17. The van der Waals surface area contributed by atoms with Gasteiger partial charge < -0.3 is 20.1 Å². The maximum absolute atomic E-state index is 12.9. The second-order valence-corrected chi connectivity index (χ2v) is 10.6. The van der Waals surface area contributed by atoms with Crippen molar-refractivity contribution in [2.45, 2.75) is 25.4 Å². The fraction of sp³-hybridized carbons (Fsp3) is 0.226. The number of amides is 1. The van der Waals surface area contributed by atoms with Crippen molar-refractivity contribution in [2.24, 2.45) is 0 Å². The number of hydrogen-bond acceptors (Lipinski definition) is 4. The number of H-pyrrole nitrogens is 1. The third-order valence-electron chi connectivity index (χ3n) is 7.43. The Morgan fingerprint density at radius 3 is 2.62 bits per heavy atom. The van der Waals surface area contributed by atoms with E-state index in [4.69, 9.17) is 11.6 Å². The smallest absolute Gasteiger partial charge is 0.256 e. The number of halogens is 1. The number of likely N-dealkylation sites (tertiary alicyclic amines) is 1. The SMILES string of the molecule is CN1CCC(Nc2ccc(C(=O)Nc3cc(-c4cccc5ccn(Cc6ccccc6Cl)c45)[nH]n3)cc2)CC1. The second kappa shape index (κ2) is 11.0. The van der Waals surface area contributed by atoms with Crippen molar-refractivity contribution in [2.75, 3.05) is 30.8 Å². The third-order valence-corrected chi connectivity index (χ3v) is 7.80. The van der Waals surface area contributed by atoms with E-state index >= 15 is 0 Å². The van der Waals surface area contributed by atoms with Crippen LogP contribution < -0.4 is 10.6 Å². The Balaban J connectivity index is 1.16. The van der Waals surface area contributed by atoms with Crippen molar-refractivity contribution in [3.05, 3.63) is 101 Å². The predicted octanol–water partition coefficient (Wildman–Crippen LogP) is 6.49. The van der Waals surface area contributed by atoms with Crippen molar-refractivity contribution >= 4 is 39.9 Å². The molecule has 1 amide bonds. The second-order valence-electron chi connectivity index (χ2n) is 10.2. The highest BCUT2D eigenvalue weighted by Crippen LogP contribution is 2.31. The Kier molecular flexibility index (Phi) is 7.09. The van der Waals surface area contributed by atoms with Gasteiger partial charge in [-0.1, -0.05) is 48.0 Å². The number of nitrogens with one attached hydrogen (secondary N) is 3. The molecule has 0 unspecified atom stereocenters. The molecule has 0 saturated carbocycles. The molecule has 1 aliphatic rings. The molecule has 1 aliphatic heterocycles.